The number of hydrogen-bond acceptors (Lipinski definition) is 7. The van der Waals surface area contributed by atoms with Crippen LogP contribution in [0.15, 0.2) is 291 Å². The Bertz CT molecular complexity index is 3230. The van der Waals surface area contributed by atoms with Crippen molar-refractivity contribution in [3.8, 4) is 11.1 Å². The summed E-state index contributed by atoms with van der Waals surface area (Å²) >= 11 is 0. The van der Waals surface area contributed by atoms with E-state index in [4.69, 9.17) is 0 Å². The maximum Gasteiger partial charge on any atom is 0.209 e. The van der Waals surface area contributed by atoms with E-state index in [2.05, 4.69) is 379 Å². The fourth-order valence-corrected chi connectivity index (χ4v) is 12.6. The standard InChI is InChI=1S/C16H21N.C16H19N.C14H17N3.C14H19N.C10H15N.C9H15N2.C9H15N/c1-2-17-11-13-5-3-7-15(9-13)16-8-4-6-14(10-16)12-17;1-2-17(13-15-9-5-3-6-10-15)14-16-11-7-4-8-12-16;1-2-15-11-16-7-3-5-13(9-16)14-6-4-8-17(10-14)12-15;1-2-15(11-13-7-3-4-8-13)12-14-9-5-6-10-14;1-3-11(2)9-10-7-5-4-6-8-10;1-3-10(2)9-11-7-5-4-6-8-11;1-3-10(2)8-9-6-4-5-7-9/h3-8,15-16H,2,9-12H2,1H3;3-12H,2,13-14H2,1H3;3-10H,2,11-12H2,1H3;3-10,13-14H,2,11-12H2,1H3;2*4-8H,3,9H2,1-2H3;4-7,9H,3,8H2,1-2H3/q;;+2;;;+1;. The molecule has 5 aliphatic carbocycles. The minimum absolute atomic E-state index is 0.624. The van der Waals surface area contributed by atoms with Crippen molar-refractivity contribution in [1.29, 1.82) is 0 Å². The van der Waals surface area contributed by atoms with E-state index in [-0.39, 0.29) is 0 Å². The lowest BCUT2D eigenvalue weighted by Crippen LogP contribution is -2.49. The van der Waals surface area contributed by atoms with E-state index in [9.17, 15) is 0 Å². The molecule has 98 heavy (non-hydrogen) atoms. The number of rotatable bonds is 21. The van der Waals surface area contributed by atoms with Gasteiger partial charge in [0.25, 0.3) is 0 Å². The molecule has 0 spiro atoms. The highest BCUT2D eigenvalue weighted by Gasteiger charge is 2.26. The van der Waals surface area contributed by atoms with Gasteiger partial charge in [-0.25, -0.2) is 0 Å². The average molecular weight is 1320 g/mol. The normalized spacial score (nSPS) is 17.3. The number of nitrogens with zero attached hydrogens (tertiary/aromatic N) is 10. The van der Waals surface area contributed by atoms with E-state index in [0.717, 1.165) is 130 Å². The van der Waals surface area contributed by atoms with Gasteiger partial charge in [-0.3, -0.25) is 14.7 Å². The van der Waals surface area contributed by atoms with Crippen LogP contribution in [-0.2, 0) is 39.6 Å². The van der Waals surface area contributed by atoms with Gasteiger partial charge < -0.3 is 14.7 Å². The fraction of sp³-hybridized carbons (Fsp3) is 0.398. The second-order valence-corrected chi connectivity index (χ2v) is 26.7. The van der Waals surface area contributed by atoms with Crippen molar-refractivity contribution in [3.05, 3.63) is 308 Å². The molecule has 3 aromatic heterocycles. The maximum absolute atomic E-state index is 2.56. The highest BCUT2D eigenvalue weighted by atomic mass is 15.3. The van der Waals surface area contributed by atoms with Crippen molar-refractivity contribution in [2.24, 2.45) is 29.6 Å². The van der Waals surface area contributed by atoms with Crippen molar-refractivity contribution < 1.29 is 13.7 Å². The Kier molecular flexibility index (Phi) is 35.6. The predicted octanol–water partition coefficient (Wildman–Crippen LogP) is 15.7. The van der Waals surface area contributed by atoms with E-state index < -0.39 is 0 Å². The lowest BCUT2D eigenvalue weighted by atomic mass is 9.79. The first-order valence-corrected chi connectivity index (χ1v) is 36.7. The summed E-state index contributed by atoms with van der Waals surface area (Å²) in [6.45, 7) is 34.9. The zero-order valence-corrected chi connectivity index (χ0v) is 61.6. The first-order chi connectivity index (χ1) is 47.9. The van der Waals surface area contributed by atoms with E-state index in [0.29, 0.717) is 17.8 Å². The minimum Gasteiger partial charge on any atom is -0.306 e. The lowest BCUT2D eigenvalue weighted by Gasteiger charge is -2.25. The third-order valence-corrected chi connectivity index (χ3v) is 18.9. The van der Waals surface area contributed by atoms with Crippen LogP contribution in [0.4, 0.5) is 0 Å². The van der Waals surface area contributed by atoms with Crippen molar-refractivity contribution in [3.63, 3.8) is 0 Å². The monoisotopic (exact) mass is 1320 g/mol. The minimum atomic E-state index is 0.624. The summed E-state index contributed by atoms with van der Waals surface area (Å²) in [5.41, 5.74) is 9.92. The van der Waals surface area contributed by atoms with Gasteiger partial charge in [-0.05, 0) is 107 Å². The summed E-state index contributed by atoms with van der Waals surface area (Å²) in [7, 11) is 6.40. The van der Waals surface area contributed by atoms with Gasteiger partial charge in [0.1, 0.15) is 0 Å². The molecule has 10 heteroatoms. The molecule has 1 saturated heterocycles. The summed E-state index contributed by atoms with van der Waals surface area (Å²) in [6, 6.07) is 46.5. The molecule has 0 saturated carbocycles. The van der Waals surface area contributed by atoms with Crippen molar-refractivity contribution in [2.45, 2.75) is 101 Å². The molecule has 13 rings (SSSR count). The SMILES string of the molecule is CCN(C)CC1C=CC=C1.CCN(C)C[n+]1ccccc1.CCN(C)Cc1ccccc1.CCN(CC1C=CC=C1)CC1C=CC=C1.CCN(Cc1ccccc1)Cc1ccccc1.CCN1CC2=CC=CC(C2)C2C=CC=C(C2)C1.CCN1C[n+]2cccc(c2)-c2ccc[n+](c2)C1. The van der Waals surface area contributed by atoms with Crippen molar-refractivity contribution in [2.75, 3.05) is 99.7 Å². The van der Waals surface area contributed by atoms with Gasteiger partial charge >= 0.3 is 0 Å². The molecular weight excluding hydrogens is 1200 g/mol. The molecule has 2 unspecified atom stereocenters. The Hall–Kier alpha value is -7.77. The molecule has 0 radical (unpaired) electrons. The van der Waals surface area contributed by atoms with Gasteiger partial charge in [0, 0.05) is 107 Å². The number of fused-ring (bicyclic) bond motifs is 10. The zero-order valence-electron chi connectivity index (χ0n) is 61.6. The van der Waals surface area contributed by atoms with E-state index in [1.807, 2.05) is 18.2 Å². The van der Waals surface area contributed by atoms with E-state index >= 15 is 0 Å². The van der Waals surface area contributed by atoms with E-state index in [1.165, 1.54) is 40.7 Å². The average Bonchev–Trinajstić information content (AvgIpc) is 1.95. The Balaban J connectivity index is 0.000000163. The van der Waals surface area contributed by atoms with Crippen LogP contribution < -0.4 is 13.7 Å². The number of benzene rings is 3. The summed E-state index contributed by atoms with van der Waals surface area (Å²) < 4.78 is 6.65. The Morgan fingerprint density at radius 2 is 0.765 bits per heavy atom. The predicted molar refractivity (Wildman–Crippen MR) is 414 cm³/mol. The Labute approximate surface area is 593 Å². The van der Waals surface area contributed by atoms with Crippen LogP contribution in [0.3, 0.4) is 0 Å². The van der Waals surface area contributed by atoms with Crippen LogP contribution in [0.2, 0.25) is 0 Å². The molecule has 3 aromatic carbocycles. The third-order valence-electron chi connectivity index (χ3n) is 18.9. The van der Waals surface area contributed by atoms with Gasteiger partial charge in [0.15, 0.2) is 37.2 Å². The Morgan fingerprint density at radius 1 is 0.367 bits per heavy atom. The number of aromatic nitrogens is 3. The number of pyridine rings is 3. The molecule has 2 aliphatic heterocycles. The van der Waals surface area contributed by atoms with Crippen LogP contribution in [0.25, 0.3) is 11.1 Å². The molecular formula is C88H121N10+3. The largest absolute Gasteiger partial charge is 0.306 e. The number of likely N-dealkylation sites (N-methyl/N-ethyl adjacent to an activating group) is 1. The van der Waals surface area contributed by atoms with Gasteiger partial charge in [-0.1, -0.05) is 266 Å². The molecule has 8 bridgehead atoms. The highest BCUT2D eigenvalue weighted by Crippen LogP contribution is 2.35. The van der Waals surface area contributed by atoms with Crippen LogP contribution >= 0.6 is 0 Å². The van der Waals surface area contributed by atoms with Crippen LogP contribution in [-0.4, -0.2) is 134 Å². The van der Waals surface area contributed by atoms with Crippen molar-refractivity contribution in [1.82, 2.24) is 34.3 Å². The molecule has 0 N–H and O–H groups in total. The second kappa shape index (κ2) is 45.0. The van der Waals surface area contributed by atoms with Gasteiger partial charge in [-0.15, -0.1) is 0 Å². The first-order valence-electron chi connectivity index (χ1n) is 36.7. The topological polar surface area (TPSA) is 34.3 Å². The highest BCUT2D eigenvalue weighted by molar-refractivity contribution is 5.59. The summed E-state index contributed by atoms with van der Waals surface area (Å²) in [6.07, 6.45) is 55.8. The van der Waals surface area contributed by atoms with Gasteiger partial charge in [-0.2, -0.15) is 18.6 Å². The summed E-state index contributed by atoms with van der Waals surface area (Å²) in [5, 5.41) is 0. The number of hydrogen-bond donors (Lipinski definition) is 0. The molecule has 5 heterocycles. The molecule has 6 aromatic rings. The Morgan fingerprint density at radius 3 is 1.16 bits per heavy atom. The van der Waals surface area contributed by atoms with Crippen molar-refractivity contribution >= 4 is 0 Å². The molecule has 520 valence electrons. The fourth-order valence-electron chi connectivity index (χ4n) is 12.6. The maximum atomic E-state index is 2.56. The second-order valence-electron chi connectivity index (χ2n) is 26.7. The summed E-state index contributed by atoms with van der Waals surface area (Å²) in [5.74, 6) is 3.36. The van der Waals surface area contributed by atoms with Crippen LogP contribution in [0, 0.1) is 29.6 Å². The molecule has 7 aliphatic rings. The number of allylic oxidation sites excluding steroid dienone is 12. The summed E-state index contributed by atoms with van der Waals surface area (Å²) in [4.78, 5) is 16.8. The van der Waals surface area contributed by atoms with Crippen LogP contribution in [0.5, 0.6) is 0 Å². The smallest absolute Gasteiger partial charge is 0.209 e. The molecule has 0 amide bonds. The molecule has 2 atom stereocenters. The molecule has 10 nitrogen and oxygen atoms in total. The lowest BCUT2D eigenvalue weighted by molar-refractivity contribution is -0.758. The van der Waals surface area contributed by atoms with E-state index in [1.54, 1.807) is 11.1 Å². The quantitative estimate of drug-likeness (QED) is 0.0664. The third kappa shape index (κ3) is 29.4. The molecule has 1 fully saturated rings. The zero-order chi connectivity index (χ0) is 69.4. The van der Waals surface area contributed by atoms with Gasteiger partial charge in [0.05, 0.1) is 11.1 Å². The van der Waals surface area contributed by atoms with Crippen LogP contribution in [0.1, 0.15) is 78.0 Å². The van der Waals surface area contributed by atoms with Gasteiger partial charge in [0.2, 0.25) is 20.0 Å². The first kappa shape index (κ1) is 77.6.